The second-order valence-electron chi connectivity index (χ2n) is 10.3. The van der Waals surface area contributed by atoms with Gasteiger partial charge in [0.1, 0.15) is 17.1 Å². The van der Waals surface area contributed by atoms with E-state index in [0.29, 0.717) is 54.0 Å². The van der Waals surface area contributed by atoms with Gasteiger partial charge in [0.15, 0.2) is 5.76 Å². The van der Waals surface area contributed by atoms with Crippen LogP contribution >= 0.6 is 0 Å². The van der Waals surface area contributed by atoms with Crippen molar-refractivity contribution in [2.75, 3.05) is 33.8 Å². The number of pyridine rings is 1. The van der Waals surface area contributed by atoms with Gasteiger partial charge in [-0.15, -0.1) is 0 Å². The number of ketones is 1. The van der Waals surface area contributed by atoms with Gasteiger partial charge in [-0.05, 0) is 69.6 Å². The number of benzene rings is 1. The van der Waals surface area contributed by atoms with Crippen LogP contribution in [-0.4, -0.2) is 69.8 Å². The van der Waals surface area contributed by atoms with E-state index < -0.39 is 17.7 Å². The zero-order valence-corrected chi connectivity index (χ0v) is 22.5. The molecule has 1 N–H and O–H groups in total. The average Bonchev–Trinajstić information content (AvgIpc) is 3.32. The van der Waals surface area contributed by atoms with Crippen molar-refractivity contribution in [3.63, 3.8) is 0 Å². The third-order valence-corrected chi connectivity index (χ3v) is 6.77. The summed E-state index contributed by atoms with van der Waals surface area (Å²) in [6.45, 7) is 9.54. The fourth-order valence-electron chi connectivity index (χ4n) is 4.63. The number of aromatic nitrogens is 2. The molecule has 0 bridgehead atoms. The van der Waals surface area contributed by atoms with Crippen molar-refractivity contribution in [3.05, 3.63) is 70.7 Å². The van der Waals surface area contributed by atoms with E-state index >= 15 is 0 Å². The molecule has 0 spiro atoms. The molecule has 8 heteroatoms. The normalized spacial score (nSPS) is 17.5. The first kappa shape index (κ1) is 26.4. The van der Waals surface area contributed by atoms with E-state index in [1.165, 1.54) is 4.90 Å². The Kier molecular flexibility index (Phi) is 7.68. The minimum Gasteiger partial charge on any atom is -0.505 e. The smallest absolute Gasteiger partial charge is 0.295 e. The maximum Gasteiger partial charge on any atom is 0.295 e. The number of likely N-dealkylation sites (tertiary alicyclic amines) is 1. The summed E-state index contributed by atoms with van der Waals surface area (Å²) in [5.74, 6) is -0.422. The summed E-state index contributed by atoms with van der Waals surface area (Å²) in [5, 5.41) is 11.5. The van der Waals surface area contributed by atoms with Gasteiger partial charge >= 0.3 is 0 Å². The molecule has 1 aliphatic rings. The number of aliphatic hydroxyl groups is 1. The molecule has 3 aromatic rings. The molecule has 1 amide bonds. The first-order chi connectivity index (χ1) is 17.6. The Balaban J connectivity index is 1.83. The molecule has 0 radical (unpaired) electrons. The molecular weight excluding hydrogens is 468 g/mol. The predicted octanol–water partition coefficient (Wildman–Crippen LogP) is 4.36. The number of imidazole rings is 1. The second-order valence-corrected chi connectivity index (χ2v) is 10.3. The Labute approximate surface area is 218 Å². The number of aliphatic hydroxyl groups excluding tert-OH is 1. The van der Waals surface area contributed by atoms with Crippen molar-refractivity contribution in [1.29, 1.82) is 0 Å². The Morgan fingerprint density at radius 1 is 1.16 bits per heavy atom. The predicted molar refractivity (Wildman–Crippen MR) is 144 cm³/mol. The number of fused-ring (bicyclic) bond motifs is 1. The molecule has 3 heterocycles. The number of hydrogen-bond acceptors (Lipinski definition) is 6. The molecule has 2 aromatic heterocycles. The van der Waals surface area contributed by atoms with E-state index in [4.69, 9.17) is 4.74 Å². The lowest BCUT2D eigenvalue weighted by molar-refractivity contribution is -0.140. The molecule has 8 nitrogen and oxygen atoms in total. The molecular formula is C29H36N4O4. The Hall–Kier alpha value is -3.65. The van der Waals surface area contributed by atoms with Crippen molar-refractivity contribution < 1.29 is 19.4 Å². The maximum absolute atomic E-state index is 13.4. The molecule has 1 unspecified atom stereocenters. The van der Waals surface area contributed by atoms with E-state index in [2.05, 4.69) is 18.8 Å². The zero-order chi connectivity index (χ0) is 26.9. The minimum absolute atomic E-state index is 0.0484. The topological polar surface area (TPSA) is 87.4 Å². The monoisotopic (exact) mass is 504 g/mol. The molecule has 196 valence electrons. The van der Waals surface area contributed by atoms with E-state index in [0.717, 1.165) is 12.0 Å². The Bertz CT molecular complexity index is 1360. The average molecular weight is 505 g/mol. The summed E-state index contributed by atoms with van der Waals surface area (Å²) in [4.78, 5) is 34.8. The van der Waals surface area contributed by atoms with Gasteiger partial charge in [-0.3, -0.25) is 9.59 Å². The van der Waals surface area contributed by atoms with Crippen LogP contribution in [0.5, 0.6) is 5.75 Å². The van der Waals surface area contributed by atoms with Crippen LogP contribution in [0.25, 0.3) is 11.4 Å². The lowest BCUT2D eigenvalue weighted by atomic mass is 9.96. The van der Waals surface area contributed by atoms with Crippen LogP contribution in [0.2, 0.25) is 0 Å². The van der Waals surface area contributed by atoms with Gasteiger partial charge in [-0.2, -0.15) is 0 Å². The largest absolute Gasteiger partial charge is 0.505 e. The molecule has 1 aromatic carbocycles. The highest BCUT2D eigenvalue weighted by Gasteiger charge is 2.46. The summed E-state index contributed by atoms with van der Waals surface area (Å²) in [5.41, 5.74) is 3.39. The number of nitrogens with zero attached hydrogens (tertiary/aromatic N) is 4. The number of aryl methyl sites for hydroxylation is 2. The molecule has 4 rings (SSSR count). The quantitative estimate of drug-likeness (QED) is 0.265. The third kappa shape index (κ3) is 5.25. The standard InChI is InChI=1S/C29H36N4O4/c1-18(2)12-16-37-22-11-7-10-21(17-22)25-23(27(35)29(36)33(25)15-14-31(5)6)26(34)24-20(4)32-13-8-9-19(3)28(32)30-24/h7-11,13,17-18,25,34H,12,14-16H2,1-6H3/b26-23+. The van der Waals surface area contributed by atoms with E-state index in [1.54, 1.807) is 0 Å². The Morgan fingerprint density at radius 2 is 1.92 bits per heavy atom. The highest BCUT2D eigenvalue weighted by Crippen LogP contribution is 2.40. The fourth-order valence-corrected chi connectivity index (χ4v) is 4.63. The van der Waals surface area contributed by atoms with Crippen molar-refractivity contribution >= 4 is 23.1 Å². The summed E-state index contributed by atoms with van der Waals surface area (Å²) in [7, 11) is 3.83. The first-order valence-corrected chi connectivity index (χ1v) is 12.7. The fraction of sp³-hybridized carbons (Fsp3) is 0.414. The number of rotatable bonds is 9. The van der Waals surface area contributed by atoms with Crippen molar-refractivity contribution in [1.82, 2.24) is 19.2 Å². The number of ether oxygens (including phenoxy) is 1. The van der Waals surface area contributed by atoms with Crippen LogP contribution in [0.1, 0.15) is 48.8 Å². The lowest BCUT2D eigenvalue weighted by Crippen LogP contribution is -2.35. The van der Waals surface area contributed by atoms with Crippen molar-refractivity contribution in [3.8, 4) is 5.75 Å². The van der Waals surface area contributed by atoms with Crippen LogP contribution in [0.3, 0.4) is 0 Å². The van der Waals surface area contributed by atoms with Crippen molar-refractivity contribution in [2.24, 2.45) is 5.92 Å². The SMILES string of the molecule is Cc1cccn2c(C)c(/C(O)=C3\C(=O)C(=O)N(CCN(C)C)C3c3cccc(OCCC(C)C)c3)nc12. The summed E-state index contributed by atoms with van der Waals surface area (Å²) < 4.78 is 7.85. The highest BCUT2D eigenvalue weighted by atomic mass is 16.5. The van der Waals surface area contributed by atoms with E-state index in [9.17, 15) is 14.7 Å². The molecule has 1 atom stereocenters. The van der Waals surface area contributed by atoms with Gasteiger partial charge in [-0.1, -0.05) is 32.0 Å². The number of carbonyl (C=O) groups is 2. The summed E-state index contributed by atoms with van der Waals surface area (Å²) >= 11 is 0. The van der Waals surface area contributed by atoms with Gasteiger partial charge in [0.2, 0.25) is 0 Å². The second kappa shape index (κ2) is 10.8. The summed E-state index contributed by atoms with van der Waals surface area (Å²) in [6, 6.07) is 10.5. The minimum atomic E-state index is -0.751. The molecule has 0 saturated carbocycles. The van der Waals surface area contributed by atoms with Gasteiger partial charge in [0.25, 0.3) is 11.7 Å². The van der Waals surface area contributed by atoms with E-state index in [1.807, 2.05) is 79.8 Å². The number of hydrogen-bond donors (Lipinski definition) is 1. The summed E-state index contributed by atoms with van der Waals surface area (Å²) in [6.07, 6.45) is 2.78. The van der Waals surface area contributed by atoms with Crippen LogP contribution < -0.4 is 4.74 Å². The zero-order valence-electron chi connectivity index (χ0n) is 22.5. The Morgan fingerprint density at radius 3 is 2.59 bits per heavy atom. The van der Waals surface area contributed by atoms with Crippen LogP contribution in [-0.2, 0) is 9.59 Å². The van der Waals surface area contributed by atoms with Crippen LogP contribution in [0, 0.1) is 19.8 Å². The van der Waals surface area contributed by atoms with Crippen molar-refractivity contribution in [2.45, 2.75) is 40.2 Å². The van der Waals surface area contributed by atoms with Gasteiger partial charge in [0, 0.05) is 19.3 Å². The third-order valence-electron chi connectivity index (χ3n) is 6.77. The first-order valence-electron chi connectivity index (χ1n) is 12.7. The van der Waals surface area contributed by atoms with Gasteiger partial charge in [0.05, 0.1) is 23.9 Å². The van der Waals surface area contributed by atoms with Crippen LogP contribution in [0.4, 0.5) is 0 Å². The molecule has 37 heavy (non-hydrogen) atoms. The highest BCUT2D eigenvalue weighted by molar-refractivity contribution is 6.46. The molecule has 1 fully saturated rings. The molecule has 0 aliphatic carbocycles. The number of Topliss-reactive ketones (excluding diaryl/α,β-unsaturated/α-hetero) is 1. The lowest BCUT2D eigenvalue weighted by Gasteiger charge is -2.26. The van der Waals surface area contributed by atoms with Gasteiger partial charge in [-0.25, -0.2) is 4.98 Å². The van der Waals surface area contributed by atoms with Gasteiger partial charge < -0.3 is 24.0 Å². The van der Waals surface area contributed by atoms with Crippen LogP contribution in [0.15, 0.2) is 48.2 Å². The number of likely N-dealkylation sites (N-methyl/N-ethyl adjacent to an activating group) is 1. The molecule has 1 aliphatic heterocycles. The number of carbonyl (C=O) groups excluding carboxylic acids is 2. The maximum atomic E-state index is 13.4. The molecule has 1 saturated heterocycles. The van der Waals surface area contributed by atoms with E-state index in [-0.39, 0.29) is 11.3 Å². The number of amides is 1.